The number of nitrogens with two attached hydrogens (primary N) is 1. The van der Waals surface area contributed by atoms with E-state index in [4.69, 9.17) is 15.2 Å². The summed E-state index contributed by atoms with van der Waals surface area (Å²) in [6, 6.07) is 8.45. The lowest BCUT2D eigenvalue weighted by atomic mass is 10.00. The second-order valence-electron chi connectivity index (χ2n) is 4.30. The van der Waals surface area contributed by atoms with E-state index in [9.17, 15) is 0 Å². The molecule has 1 saturated heterocycles. The van der Waals surface area contributed by atoms with E-state index >= 15 is 0 Å². The minimum Gasteiger partial charge on any atom is -0.350 e. The highest BCUT2D eigenvalue weighted by molar-refractivity contribution is 5.26. The van der Waals surface area contributed by atoms with Crippen LogP contribution in [0.1, 0.15) is 17.5 Å². The third-order valence-corrected chi connectivity index (χ3v) is 2.93. The fourth-order valence-corrected chi connectivity index (χ4v) is 2.00. The predicted molar refractivity (Wildman–Crippen MR) is 63.2 cm³/mol. The van der Waals surface area contributed by atoms with Gasteiger partial charge in [-0.1, -0.05) is 24.3 Å². The number of ether oxygens (including phenoxy) is 2. The Labute approximate surface area is 96.5 Å². The van der Waals surface area contributed by atoms with Crippen molar-refractivity contribution < 1.29 is 9.47 Å². The summed E-state index contributed by atoms with van der Waals surface area (Å²) < 4.78 is 10.8. The molecule has 3 heteroatoms. The summed E-state index contributed by atoms with van der Waals surface area (Å²) in [5.41, 5.74) is 8.70. The number of aryl methyl sites for hydroxylation is 1. The maximum Gasteiger partial charge on any atom is 0.159 e. The van der Waals surface area contributed by atoms with Crippen LogP contribution >= 0.6 is 0 Å². The van der Waals surface area contributed by atoms with Gasteiger partial charge in [0.25, 0.3) is 0 Å². The van der Waals surface area contributed by atoms with E-state index in [1.807, 2.05) is 6.07 Å². The molecule has 1 unspecified atom stereocenters. The van der Waals surface area contributed by atoms with Crippen LogP contribution in [-0.2, 0) is 15.9 Å². The smallest absolute Gasteiger partial charge is 0.159 e. The average molecular weight is 221 g/mol. The van der Waals surface area contributed by atoms with Crippen molar-refractivity contribution in [1.82, 2.24) is 0 Å². The molecule has 1 aliphatic heterocycles. The van der Waals surface area contributed by atoms with Crippen LogP contribution in [0, 0.1) is 6.92 Å². The van der Waals surface area contributed by atoms with Crippen molar-refractivity contribution in [3.63, 3.8) is 0 Å². The van der Waals surface area contributed by atoms with Crippen molar-refractivity contribution in [1.29, 1.82) is 0 Å². The molecule has 1 fully saturated rings. The van der Waals surface area contributed by atoms with Gasteiger partial charge < -0.3 is 15.2 Å². The molecule has 0 aromatic heterocycles. The Morgan fingerprint density at radius 3 is 2.69 bits per heavy atom. The highest BCUT2D eigenvalue weighted by atomic mass is 16.7. The van der Waals surface area contributed by atoms with Crippen molar-refractivity contribution in [3.05, 3.63) is 35.4 Å². The van der Waals surface area contributed by atoms with E-state index in [2.05, 4.69) is 25.1 Å². The molecule has 2 N–H and O–H groups in total. The first kappa shape index (κ1) is 11.6. The lowest BCUT2D eigenvalue weighted by molar-refractivity contribution is -0.0504. The third kappa shape index (κ3) is 3.04. The number of benzene rings is 1. The van der Waals surface area contributed by atoms with Gasteiger partial charge in [-0.25, -0.2) is 0 Å². The van der Waals surface area contributed by atoms with Gasteiger partial charge in [0.2, 0.25) is 0 Å². The van der Waals surface area contributed by atoms with E-state index < -0.39 is 0 Å². The molecule has 16 heavy (non-hydrogen) atoms. The largest absolute Gasteiger partial charge is 0.350 e. The maximum absolute atomic E-state index is 6.09. The zero-order valence-electron chi connectivity index (χ0n) is 9.69. The predicted octanol–water partition coefficient (Wildman–Crippen LogP) is 1.63. The van der Waals surface area contributed by atoms with Gasteiger partial charge in [0.15, 0.2) is 6.29 Å². The monoisotopic (exact) mass is 221 g/mol. The van der Waals surface area contributed by atoms with Crippen LogP contribution in [0.5, 0.6) is 0 Å². The molecule has 1 aromatic rings. The van der Waals surface area contributed by atoms with Gasteiger partial charge in [-0.3, -0.25) is 0 Å². The van der Waals surface area contributed by atoms with Gasteiger partial charge >= 0.3 is 0 Å². The van der Waals surface area contributed by atoms with Crippen LogP contribution in [0.3, 0.4) is 0 Å². The summed E-state index contributed by atoms with van der Waals surface area (Å²) in [6.45, 7) is 3.51. The van der Waals surface area contributed by atoms with Crippen LogP contribution < -0.4 is 5.73 Å². The summed E-state index contributed by atoms with van der Waals surface area (Å²) >= 11 is 0. The van der Waals surface area contributed by atoms with Gasteiger partial charge in [-0.2, -0.15) is 0 Å². The van der Waals surface area contributed by atoms with E-state index in [1.165, 1.54) is 11.1 Å². The normalized spacial score (nSPS) is 18.9. The first-order valence-electron chi connectivity index (χ1n) is 5.79. The molecular weight excluding hydrogens is 202 g/mol. The number of rotatable bonds is 4. The zero-order chi connectivity index (χ0) is 11.4. The van der Waals surface area contributed by atoms with E-state index in [1.54, 1.807) is 0 Å². The van der Waals surface area contributed by atoms with Crippen LogP contribution in [0.2, 0.25) is 0 Å². The average Bonchev–Trinajstić information content (AvgIpc) is 2.74. The van der Waals surface area contributed by atoms with Crippen molar-refractivity contribution in [3.8, 4) is 0 Å². The lowest BCUT2D eigenvalue weighted by Gasteiger charge is -2.16. The van der Waals surface area contributed by atoms with Gasteiger partial charge in [0.1, 0.15) is 0 Å². The van der Waals surface area contributed by atoms with Crippen LogP contribution in [0.25, 0.3) is 0 Å². The molecule has 1 aromatic carbocycles. The summed E-state index contributed by atoms with van der Waals surface area (Å²) in [5.74, 6) is 0. The highest BCUT2D eigenvalue weighted by Crippen LogP contribution is 2.14. The van der Waals surface area contributed by atoms with Gasteiger partial charge in [-0.15, -0.1) is 0 Å². The summed E-state index contributed by atoms with van der Waals surface area (Å²) in [4.78, 5) is 0. The number of hydrogen-bond acceptors (Lipinski definition) is 3. The van der Waals surface area contributed by atoms with E-state index in [0.29, 0.717) is 13.2 Å². The summed E-state index contributed by atoms with van der Waals surface area (Å²) in [5, 5.41) is 0. The second-order valence-corrected chi connectivity index (χ2v) is 4.30. The molecule has 2 rings (SSSR count). The van der Waals surface area contributed by atoms with Crippen molar-refractivity contribution in [2.24, 2.45) is 5.73 Å². The third-order valence-electron chi connectivity index (χ3n) is 2.93. The molecule has 1 aliphatic rings. The first-order valence-corrected chi connectivity index (χ1v) is 5.79. The van der Waals surface area contributed by atoms with Gasteiger partial charge in [0, 0.05) is 12.5 Å². The van der Waals surface area contributed by atoms with Crippen molar-refractivity contribution in [2.45, 2.75) is 32.1 Å². The molecule has 1 atom stereocenters. The van der Waals surface area contributed by atoms with Crippen molar-refractivity contribution in [2.75, 3.05) is 13.2 Å². The van der Waals surface area contributed by atoms with Crippen LogP contribution in [-0.4, -0.2) is 25.5 Å². The molecule has 88 valence electrons. The fraction of sp³-hybridized carbons (Fsp3) is 0.538. The number of hydrogen-bond donors (Lipinski definition) is 1. The Morgan fingerprint density at radius 2 is 2.00 bits per heavy atom. The Balaban J connectivity index is 1.86. The minimum atomic E-state index is -0.0981. The summed E-state index contributed by atoms with van der Waals surface area (Å²) in [6.07, 6.45) is 1.56. The minimum absolute atomic E-state index is 0.0981. The van der Waals surface area contributed by atoms with Crippen LogP contribution in [0.4, 0.5) is 0 Å². The Hall–Kier alpha value is -0.900. The Kier molecular flexibility index (Phi) is 3.93. The summed E-state index contributed by atoms with van der Waals surface area (Å²) in [7, 11) is 0. The topological polar surface area (TPSA) is 44.5 Å². The molecule has 0 bridgehead atoms. The second kappa shape index (κ2) is 5.43. The molecule has 0 aliphatic carbocycles. The quantitative estimate of drug-likeness (QED) is 0.840. The molecular formula is C13H19NO2. The Morgan fingerprint density at radius 1 is 1.31 bits per heavy atom. The molecule has 0 saturated carbocycles. The van der Waals surface area contributed by atoms with Crippen LogP contribution in [0.15, 0.2) is 24.3 Å². The molecule has 1 heterocycles. The fourth-order valence-electron chi connectivity index (χ4n) is 2.00. The van der Waals surface area contributed by atoms with E-state index in [-0.39, 0.29) is 12.3 Å². The highest BCUT2D eigenvalue weighted by Gasteiger charge is 2.19. The zero-order valence-corrected chi connectivity index (χ0v) is 9.69. The molecule has 0 radical (unpaired) electrons. The SMILES string of the molecule is Cc1ccccc1CC(N)CC1OCCO1. The van der Waals surface area contributed by atoms with Crippen molar-refractivity contribution >= 4 is 0 Å². The van der Waals surface area contributed by atoms with Gasteiger partial charge in [-0.05, 0) is 24.5 Å². The first-order chi connectivity index (χ1) is 7.75. The molecule has 0 spiro atoms. The standard InChI is InChI=1S/C13H19NO2/c1-10-4-2-3-5-11(10)8-12(14)9-13-15-6-7-16-13/h2-5,12-13H,6-9,14H2,1H3. The van der Waals surface area contributed by atoms with Gasteiger partial charge in [0.05, 0.1) is 13.2 Å². The van der Waals surface area contributed by atoms with E-state index in [0.717, 1.165) is 12.8 Å². The molecule has 0 amide bonds. The maximum atomic E-state index is 6.09. The molecule has 3 nitrogen and oxygen atoms in total. The lowest BCUT2D eigenvalue weighted by Crippen LogP contribution is -2.29. The Bertz CT molecular complexity index is 334.